The zero-order valence-electron chi connectivity index (χ0n) is 25.7. The van der Waals surface area contributed by atoms with Crippen molar-refractivity contribution < 1.29 is 9.90 Å². The van der Waals surface area contributed by atoms with Crippen LogP contribution in [0.5, 0.6) is 0 Å². The maximum Gasteiger partial charge on any atom is 0.265 e. The number of hydrazone groups is 1. The number of hydrogen-bond acceptors (Lipinski definition) is 10. The number of hydrogen-bond donors (Lipinski definition) is 5. The Labute approximate surface area is 273 Å². The number of carbonyl (C=O) groups excluding carboxylic acids is 1. The van der Waals surface area contributed by atoms with E-state index < -0.39 is 5.60 Å². The Morgan fingerprint density at radius 2 is 2.00 bits per heavy atom. The van der Waals surface area contributed by atoms with Crippen molar-refractivity contribution in [3.8, 4) is 0 Å². The van der Waals surface area contributed by atoms with Crippen LogP contribution in [0.25, 0.3) is 0 Å². The molecule has 1 atom stereocenters. The lowest BCUT2D eigenvalue weighted by atomic mass is 9.81. The average Bonchev–Trinajstić information content (AvgIpc) is 3.73. The second-order valence-corrected chi connectivity index (χ2v) is 11.9. The third-order valence-corrected chi connectivity index (χ3v) is 8.81. The summed E-state index contributed by atoms with van der Waals surface area (Å²) in [5.74, 6) is 0.708. The van der Waals surface area contributed by atoms with Crippen molar-refractivity contribution in [2.24, 2.45) is 15.8 Å². The minimum absolute atomic E-state index is 0.256. The summed E-state index contributed by atoms with van der Waals surface area (Å²) in [7, 11) is 1.80. The molecule has 6 rings (SSSR count). The molecule has 1 unspecified atom stereocenters. The lowest BCUT2D eigenvalue weighted by Crippen LogP contribution is -2.44. The Morgan fingerprint density at radius 3 is 2.72 bits per heavy atom. The van der Waals surface area contributed by atoms with Crippen LogP contribution in [-0.2, 0) is 16.9 Å². The number of nitrogens with one attached hydrogen (secondary N) is 3. The summed E-state index contributed by atoms with van der Waals surface area (Å²) < 4.78 is 0. The van der Waals surface area contributed by atoms with Gasteiger partial charge >= 0.3 is 0 Å². The van der Waals surface area contributed by atoms with Gasteiger partial charge in [-0.1, -0.05) is 60.6 Å². The first-order valence-electron chi connectivity index (χ1n) is 15.3. The summed E-state index contributed by atoms with van der Waals surface area (Å²) in [6.07, 6.45) is 5.54. The van der Waals surface area contributed by atoms with Crippen LogP contribution in [0.4, 0.5) is 5.69 Å². The van der Waals surface area contributed by atoms with Gasteiger partial charge in [-0.2, -0.15) is 0 Å². The van der Waals surface area contributed by atoms with Gasteiger partial charge in [0.2, 0.25) is 5.91 Å². The normalized spacial score (nSPS) is 17.1. The lowest BCUT2D eigenvalue weighted by Gasteiger charge is -2.37. The van der Waals surface area contributed by atoms with Gasteiger partial charge in [-0.05, 0) is 66.5 Å². The van der Waals surface area contributed by atoms with Gasteiger partial charge in [0, 0.05) is 55.5 Å². The summed E-state index contributed by atoms with van der Waals surface area (Å²) >= 11 is 6.37. The number of likely N-dealkylation sites (tertiary alicyclic amines) is 1. The minimum Gasteiger partial charge on any atom is -0.403 e. The molecule has 0 aromatic heterocycles. The van der Waals surface area contributed by atoms with Gasteiger partial charge in [0.05, 0.1) is 17.1 Å². The molecule has 0 radical (unpaired) electrons. The zero-order chi connectivity index (χ0) is 32.3. The predicted octanol–water partition coefficient (Wildman–Crippen LogP) is 3.50. The van der Waals surface area contributed by atoms with E-state index in [0.29, 0.717) is 46.5 Å². The van der Waals surface area contributed by atoms with Crippen molar-refractivity contribution in [2.45, 2.75) is 31.4 Å². The number of anilines is 1. The number of aliphatic imine (C=N–C) groups is 1. The van der Waals surface area contributed by atoms with Crippen molar-refractivity contribution in [1.29, 1.82) is 0 Å². The summed E-state index contributed by atoms with van der Waals surface area (Å²) in [6, 6.07) is 21.0. The third-order valence-electron chi connectivity index (χ3n) is 8.57. The van der Waals surface area contributed by atoms with Crippen molar-refractivity contribution in [3.05, 3.63) is 124 Å². The van der Waals surface area contributed by atoms with Gasteiger partial charge in [-0.15, -0.1) is 10.6 Å². The highest BCUT2D eigenvalue weighted by molar-refractivity contribution is 6.32. The Kier molecular flexibility index (Phi) is 9.09. The zero-order valence-corrected chi connectivity index (χ0v) is 26.5. The molecular formula is C34H38ClN9O2. The van der Waals surface area contributed by atoms with Crippen LogP contribution in [0.15, 0.2) is 101 Å². The fourth-order valence-electron chi connectivity index (χ4n) is 6.12. The molecule has 238 valence electrons. The van der Waals surface area contributed by atoms with E-state index in [2.05, 4.69) is 28.1 Å². The monoisotopic (exact) mass is 639 g/mol. The molecule has 11 nitrogen and oxygen atoms in total. The van der Waals surface area contributed by atoms with Gasteiger partial charge in [0.1, 0.15) is 0 Å². The van der Waals surface area contributed by atoms with Crippen LogP contribution in [0, 0.1) is 0 Å². The molecule has 0 aliphatic carbocycles. The van der Waals surface area contributed by atoms with Crippen LogP contribution in [0.1, 0.15) is 47.1 Å². The van der Waals surface area contributed by atoms with Gasteiger partial charge < -0.3 is 26.0 Å². The van der Waals surface area contributed by atoms with E-state index in [1.54, 1.807) is 23.2 Å². The molecule has 1 fully saturated rings. The standard InChI is InChI=1S/C34H38ClN9O2/c1-3-42(2)30(21-36)34(46,25-12-10-23(11-13-25)22-37-16-6-18-43-17-5-9-31(43)45)26-14-15-29-28(20-26)32(24-7-4-8-27(35)19-24)38-33-39-40-41-44(29)33/h3-4,7-8,10-15,19-21,37,40-41,46H,1,5-6,9,16-18,22,36H2,2H3/b30-21-. The molecule has 0 bridgehead atoms. The van der Waals surface area contributed by atoms with Crippen molar-refractivity contribution in [3.63, 3.8) is 0 Å². The van der Waals surface area contributed by atoms with E-state index in [0.717, 1.165) is 54.9 Å². The molecule has 1 amide bonds. The fourth-order valence-corrected chi connectivity index (χ4v) is 6.31. The van der Waals surface area contributed by atoms with Crippen LogP contribution in [0.3, 0.4) is 0 Å². The number of carbonyl (C=O) groups is 1. The molecule has 12 heteroatoms. The van der Waals surface area contributed by atoms with Gasteiger partial charge in [-0.25, -0.2) is 15.5 Å². The molecule has 46 heavy (non-hydrogen) atoms. The number of rotatable bonds is 12. The largest absolute Gasteiger partial charge is 0.403 e. The maximum absolute atomic E-state index is 12.8. The van der Waals surface area contributed by atoms with E-state index in [4.69, 9.17) is 22.3 Å². The number of likely N-dealkylation sites (N-methyl/N-ethyl adjacent to an activating group) is 1. The highest BCUT2D eigenvalue weighted by Crippen LogP contribution is 2.41. The molecule has 0 saturated carbocycles. The maximum atomic E-state index is 12.8. The second-order valence-electron chi connectivity index (χ2n) is 11.4. The highest BCUT2D eigenvalue weighted by Gasteiger charge is 2.40. The highest BCUT2D eigenvalue weighted by atomic mass is 35.5. The van der Waals surface area contributed by atoms with Crippen LogP contribution >= 0.6 is 11.6 Å². The van der Waals surface area contributed by atoms with Crippen molar-refractivity contribution >= 4 is 34.9 Å². The van der Waals surface area contributed by atoms with Gasteiger partial charge in [0.25, 0.3) is 5.96 Å². The lowest BCUT2D eigenvalue weighted by molar-refractivity contribution is -0.127. The van der Waals surface area contributed by atoms with Gasteiger partial charge in [-0.3, -0.25) is 4.79 Å². The minimum atomic E-state index is -1.65. The molecule has 6 N–H and O–H groups in total. The number of nitrogens with two attached hydrogens (primary N) is 1. The number of fused-ring (bicyclic) bond motifs is 3. The van der Waals surface area contributed by atoms with Crippen molar-refractivity contribution in [1.82, 2.24) is 26.2 Å². The smallest absolute Gasteiger partial charge is 0.265 e. The summed E-state index contributed by atoms with van der Waals surface area (Å²) in [4.78, 5) is 20.3. The van der Waals surface area contributed by atoms with Crippen LogP contribution in [-0.4, -0.2) is 59.2 Å². The molecule has 3 aliphatic heterocycles. The van der Waals surface area contributed by atoms with E-state index in [-0.39, 0.29) is 5.91 Å². The molecule has 3 aromatic rings. The van der Waals surface area contributed by atoms with E-state index in [1.165, 1.54) is 6.20 Å². The number of amides is 1. The topological polar surface area (TPSA) is 134 Å². The van der Waals surface area contributed by atoms with Crippen molar-refractivity contribution in [2.75, 3.05) is 31.7 Å². The SMILES string of the molecule is C=CN(C)/C(=C\N)C(O)(c1ccc(CNCCCN2CCCC2=O)cc1)c1ccc2c(c1)C(c1cccc(Cl)c1)=NC1=NNNN12. The second kappa shape index (κ2) is 13.4. The Balaban J connectivity index is 1.31. The Bertz CT molecular complexity index is 1720. The molecule has 3 aromatic carbocycles. The fraction of sp³-hybridized carbons (Fsp3) is 0.265. The molecule has 1 saturated heterocycles. The number of benzene rings is 3. The van der Waals surface area contributed by atoms with Crippen LogP contribution in [0.2, 0.25) is 5.02 Å². The van der Waals surface area contributed by atoms with E-state index in [9.17, 15) is 9.90 Å². The van der Waals surface area contributed by atoms with Crippen LogP contribution < -0.4 is 27.1 Å². The molecule has 0 spiro atoms. The Hall–Kier alpha value is -4.68. The summed E-state index contributed by atoms with van der Waals surface area (Å²) in [5, 5.41) is 22.8. The first-order valence-corrected chi connectivity index (χ1v) is 15.7. The average molecular weight is 640 g/mol. The quantitative estimate of drug-likeness (QED) is 0.190. The number of guanidine groups is 1. The van der Waals surface area contributed by atoms with E-state index >= 15 is 0 Å². The van der Waals surface area contributed by atoms with E-state index in [1.807, 2.05) is 71.6 Å². The Morgan fingerprint density at radius 1 is 1.20 bits per heavy atom. The number of aliphatic hydroxyl groups is 1. The number of halogens is 1. The molecule has 3 aliphatic rings. The number of nitrogens with zero attached hydrogens (tertiary/aromatic N) is 5. The first-order chi connectivity index (χ1) is 22.3. The molecule has 3 heterocycles. The third kappa shape index (κ3) is 5.97. The summed E-state index contributed by atoms with van der Waals surface area (Å²) in [6.45, 7) is 7.03. The molecular weight excluding hydrogens is 602 g/mol. The summed E-state index contributed by atoms with van der Waals surface area (Å²) in [5.41, 5.74) is 16.1. The first kappa shape index (κ1) is 31.3. The van der Waals surface area contributed by atoms with Gasteiger partial charge in [0.15, 0.2) is 5.60 Å². The number of hydrazine groups is 2. The predicted molar refractivity (Wildman–Crippen MR) is 182 cm³/mol.